The van der Waals surface area contributed by atoms with E-state index in [1.165, 1.54) is 18.2 Å². The Morgan fingerprint density at radius 3 is 2.56 bits per heavy atom. The van der Waals surface area contributed by atoms with E-state index < -0.39 is 11.7 Å². The van der Waals surface area contributed by atoms with Gasteiger partial charge in [-0.3, -0.25) is 4.79 Å². The molecule has 0 bridgehead atoms. The fraction of sp³-hybridized carbons (Fsp3) is 0. The van der Waals surface area contributed by atoms with Crippen molar-refractivity contribution in [2.45, 2.75) is 0 Å². The van der Waals surface area contributed by atoms with Crippen molar-refractivity contribution < 1.29 is 9.18 Å². The summed E-state index contributed by atoms with van der Waals surface area (Å²) < 4.78 is 13.0. The molecule has 0 aromatic heterocycles. The fourth-order valence-corrected chi connectivity index (χ4v) is 1.83. The van der Waals surface area contributed by atoms with Crippen molar-refractivity contribution in [3.05, 3.63) is 63.9 Å². The average Bonchev–Trinajstić information content (AvgIpc) is 2.32. The monoisotopic (exact) mass is 283 g/mol. The quantitative estimate of drug-likeness (QED) is 0.870. The van der Waals surface area contributed by atoms with Crippen molar-refractivity contribution in [3.63, 3.8) is 0 Å². The van der Waals surface area contributed by atoms with Gasteiger partial charge in [0.2, 0.25) is 0 Å². The highest BCUT2D eigenvalue weighted by Gasteiger charge is 2.12. The van der Waals surface area contributed by atoms with E-state index in [9.17, 15) is 9.18 Å². The zero-order chi connectivity index (χ0) is 13.1. The van der Waals surface area contributed by atoms with Gasteiger partial charge in [0, 0.05) is 5.69 Å². The first-order chi connectivity index (χ1) is 8.58. The van der Waals surface area contributed by atoms with Gasteiger partial charge in [0.1, 0.15) is 5.82 Å². The molecule has 0 aliphatic carbocycles. The number of benzene rings is 2. The number of rotatable bonds is 2. The molecule has 18 heavy (non-hydrogen) atoms. The summed E-state index contributed by atoms with van der Waals surface area (Å²) in [5.74, 6) is -0.863. The summed E-state index contributed by atoms with van der Waals surface area (Å²) in [5.41, 5.74) is 0.601. The zero-order valence-corrected chi connectivity index (χ0v) is 10.6. The van der Waals surface area contributed by atoms with E-state index in [0.717, 1.165) is 0 Å². The SMILES string of the molecule is O=C(Nc1cccc(F)c1)c1cccc(Cl)c1Cl. The molecule has 0 radical (unpaired) electrons. The second-order valence-corrected chi connectivity index (χ2v) is 4.35. The van der Waals surface area contributed by atoms with Gasteiger partial charge in [0.05, 0.1) is 15.6 Å². The van der Waals surface area contributed by atoms with Crippen LogP contribution >= 0.6 is 23.2 Å². The van der Waals surface area contributed by atoms with Gasteiger partial charge in [-0.2, -0.15) is 0 Å². The highest BCUT2D eigenvalue weighted by Crippen LogP contribution is 2.26. The number of carbonyl (C=O) groups is 1. The Bertz CT molecular complexity index is 601. The number of amides is 1. The van der Waals surface area contributed by atoms with Gasteiger partial charge in [0.25, 0.3) is 5.91 Å². The van der Waals surface area contributed by atoms with Crippen LogP contribution in [0.1, 0.15) is 10.4 Å². The molecule has 2 aromatic carbocycles. The lowest BCUT2D eigenvalue weighted by Gasteiger charge is -2.07. The van der Waals surface area contributed by atoms with Gasteiger partial charge in [-0.15, -0.1) is 0 Å². The minimum Gasteiger partial charge on any atom is -0.322 e. The number of halogens is 3. The van der Waals surface area contributed by atoms with Crippen molar-refractivity contribution in [1.82, 2.24) is 0 Å². The number of hydrogen-bond acceptors (Lipinski definition) is 1. The first kappa shape index (κ1) is 12.9. The van der Waals surface area contributed by atoms with Crippen LogP contribution in [0.15, 0.2) is 42.5 Å². The van der Waals surface area contributed by atoms with Crippen molar-refractivity contribution in [2.24, 2.45) is 0 Å². The standard InChI is InChI=1S/C13H8Cl2FNO/c14-11-6-2-5-10(12(11)15)13(18)17-9-4-1-3-8(16)7-9/h1-7H,(H,17,18). The second-order valence-electron chi connectivity index (χ2n) is 3.57. The topological polar surface area (TPSA) is 29.1 Å². The molecule has 2 aromatic rings. The Morgan fingerprint density at radius 2 is 1.83 bits per heavy atom. The molecule has 0 fully saturated rings. The third kappa shape index (κ3) is 2.81. The Morgan fingerprint density at radius 1 is 1.11 bits per heavy atom. The van der Waals surface area contributed by atoms with Crippen molar-refractivity contribution in [3.8, 4) is 0 Å². The third-order valence-corrected chi connectivity index (χ3v) is 3.10. The maximum Gasteiger partial charge on any atom is 0.257 e. The van der Waals surface area contributed by atoms with Crippen LogP contribution in [0.25, 0.3) is 0 Å². The highest BCUT2D eigenvalue weighted by molar-refractivity contribution is 6.44. The van der Waals surface area contributed by atoms with E-state index in [1.807, 2.05) is 0 Å². The molecule has 0 saturated heterocycles. The molecular formula is C13H8Cl2FNO. The van der Waals surface area contributed by atoms with E-state index in [4.69, 9.17) is 23.2 Å². The Hall–Kier alpha value is -1.58. The minimum atomic E-state index is -0.437. The largest absolute Gasteiger partial charge is 0.322 e. The number of carbonyl (C=O) groups excluding carboxylic acids is 1. The summed E-state index contributed by atoms with van der Waals surface area (Å²) in [6, 6.07) is 10.3. The lowest BCUT2D eigenvalue weighted by molar-refractivity contribution is 0.102. The Balaban J connectivity index is 2.25. The Labute approximate surface area is 113 Å². The van der Waals surface area contributed by atoms with Crippen LogP contribution in [0.5, 0.6) is 0 Å². The molecular weight excluding hydrogens is 276 g/mol. The molecule has 2 nitrogen and oxygen atoms in total. The van der Waals surface area contributed by atoms with Gasteiger partial charge in [-0.25, -0.2) is 4.39 Å². The van der Waals surface area contributed by atoms with Crippen LogP contribution in [0.2, 0.25) is 10.0 Å². The van der Waals surface area contributed by atoms with E-state index in [0.29, 0.717) is 10.7 Å². The van der Waals surface area contributed by atoms with Gasteiger partial charge in [-0.1, -0.05) is 35.3 Å². The smallest absolute Gasteiger partial charge is 0.257 e. The normalized spacial score (nSPS) is 10.2. The lowest BCUT2D eigenvalue weighted by atomic mass is 10.2. The van der Waals surface area contributed by atoms with E-state index >= 15 is 0 Å². The molecule has 0 unspecified atom stereocenters. The summed E-state index contributed by atoms with van der Waals surface area (Å²) in [5, 5.41) is 3.01. The summed E-state index contributed by atoms with van der Waals surface area (Å²) in [6.45, 7) is 0. The molecule has 5 heteroatoms. The highest BCUT2D eigenvalue weighted by atomic mass is 35.5. The number of anilines is 1. The van der Waals surface area contributed by atoms with Crippen molar-refractivity contribution in [1.29, 1.82) is 0 Å². The number of nitrogens with one attached hydrogen (secondary N) is 1. The first-order valence-electron chi connectivity index (χ1n) is 5.09. The summed E-state index contributed by atoms with van der Waals surface area (Å²) in [6.07, 6.45) is 0. The van der Waals surface area contributed by atoms with Crippen LogP contribution in [-0.4, -0.2) is 5.91 Å². The van der Waals surface area contributed by atoms with Crippen LogP contribution < -0.4 is 5.32 Å². The molecule has 0 saturated carbocycles. The average molecular weight is 284 g/mol. The fourth-order valence-electron chi connectivity index (χ4n) is 1.44. The Kier molecular flexibility index (Phi) is 3.84. The van der Waals surface area contributed by atoms with Crippen molar-refractivity contribution in [2.75, 3.05) is 5.32 Å². The van der Waals surface area contributed by atoms with Crippen LogP contribution in [-0.2, 0) is 0 Å². The van der Waals surface area contributed by atoms with Crippen LogP contribution in [0, 0.1) is 5.82 Å². The molecule has 1 N–H and O–H groups in total. The maximum atomic E-state index is 13.0. The van der Waals surface area contributed by atoms with Gasteiger partial charge in [-0.05, 0) is 30.3 Å². The zero-order valence-electron chi connectivity index (χ0n) is 9.08. The van der Waals surface area contributed by atoms with Gasteiger partial charge in [0.15, 0.2) is 0 Å². The van der Waals surface area contributed by atoms with Gasteiger partial charge < -0.3 is 5.32 Å². The minimum absolute atomic E-state index is 0.174. The molecule has 0 aliphatic rings. The molecule has 92 valence electrons. The van der Waals surface area contributed by atoms with E-state index in [-0.39, 0.29) is 10.6 Å². The molecule has 0 spiro atoms. The van der Waals surface area contributed by atoms with E-state index in [2.05, 4.69) is 5.32 Å². The number of hydrogen-bond donors (Lipinski definition) is 1. The van der Waals surface area contributed by atoms with Crippen LogP contribution in [0.3, 0.4) is 0 Å². The molecule has 0 atom stereocenters. The third-order valence-electron chi connectivity index (χ3n) is 2.28. The summed E-state index contributed by atoms with van der Waals surface area (Å²) in [4.78, 5) is 11.9. The molecule has 0 aliphatic heterocycles. The second kappa shape index (κ2) is 5.38. The lowest BCUT2D eigenvalue weighted by Crippen LogP contribution is -2.12. The molecule has 2 rings (SSSR count). The van der Waals surface area contributed by atoms with Crippen LogP contribution in [0.4, 0.5) is 10.1 Å². The maximum absolute atomic E-state index is 13.0. The summed E-state index contributed by atoms with van der Waals surface area (Å²) >= 11 is 11.7. The van der Waals surface area contributed by atoms with E-state index in [1.54, 1.807) is 24.3 Å². The van der Waals surface area contributed by atoms with Gasteiger partial charge >= 0.3 is 0 Å². The first-order valence-corrected chi connectivity index (χ1v) is 5.84. The summed E-state index contributed by atoms with van der Waals surface area (Å²) in [7, 11) is 0. The molecule has 1 amide bonds. The predicted octanol–water partition coefficient (Wildman–Crippen LogP) is 4.38. The predicted molar refractivity (Wildman–Crippen MR) is 70.8 cm³/mol. The molecule has 0 heterocycles. The van der Waals surface area contributed by atoms with Crippen molar-refractivity contribution >= 4 is 34.8 Å².